The maximum atomic E-state index is 13.4. The van der Waals surface area contributed by atoms with E-state index in [1.54, 1.807) is 78.9 Å². The van der Waals surface area contributed by atoms with E-state index < -0.39 is 48.0 Å². The number of aromatic nitrogens is 5. The van der Waals surface area contributed by atoms with Crippen molar-refractivity contribution in [2.45, 2.75) is 31.0 Å². The normalized spacial score (nSPS) is 19.5. The topological polar surface area (TPSA) is 202 Å². The molecule has 14 heteroatoms. The van der Waals surface area contributed by atoms with Gasteiger partial charge in [-0.25, -0.2) is 14.4 Å². The number of anilines is 1. The zero-order valence-electron chi connectivity index (χ0n) is 22.8. The zero-order chi connectivity index (χ0) is 30.8. The summed E-state index contributed by atoms with van der Waals surface area (Å²) in [6, 6.07) is 22.6. The van der Waals surface area contributed by atoms with Crippen LogP contribution >= 0.6 is 0 Å². The number of nitrogens with one attached hydrogen (secondary N) is 1. The van der Waals surface area contributed by atoms with Gasteiger partial charge < -0.3 is 25.1 Å². The molecule has 0 spiro atoms. The van der Waals surface area contributed by atoms with Crippen LogP contribution in [0.5, 0.6) is 0 Å². The van der Waals surface area contributed by atoms with Crippen molar-refractivity contribution in [3.8, 4) is 0 Å². The summed E-state index contributed by atoms with van der Waals surface area (Å²) in [6.45, 7) is 0. The molecule has 3 aromatic carbocycles. The number of nitrogen functional groups attached to an aromatic ring is 1. The highest BCUT2D eigenvalue weighted by Crippen LogP contribution is 2.37. The molecule has 0 saturated carbocycles. The zero-order valence-corrected chi connectivity index (χ0v) is 22.8. The maximum absolute atomic E-state index is 13.4. The van der Waals surface area contributed by atoms with Crippen molar-refractivity contribution in [1.82, 2.24) is 25.0 Å². The van der Waals surface area contributed by atoms with E-state index in [4.69, 9.17) is 19.9 Å². The number of H-pyrrole nitrogens is 1. The van der Waals surface area contributed by atoms with Gasteiger partial charge in [0.15, 0.2) is 29.6 Å². The molecule has 14 nitrogen and oxygen atoms in total. The SMILES string of the molecule is Nc1nc2c(nnn2[C@@H]2O[C@H](Cc3ccccc3C(=O)O)[C@@H](OC(=O)c3ccccc3)[C@H]2OC(=O)c2ccccc2)c(=O)[nH]1. The lowest BCUT2D eigenvalue weighted by molar-refractivity contribution is -0.0546. The molecule has 4 N–H and O–H groups in total. The molecular weight excluding hydrogens is 572 g/mol. The molecule has 0 amide bonds. The lowest BCUT2D eigenvalue weighted by atomic mass is 9.98. The van der Waals surface area contributed by atoms with Crippen molar-refractivity contribution in [2.24, 2.45) is 0 Å². The van der Waals surface area contributed by atoms with Crippen LogP contribution in [0.3, 0.4) is 0 Å². The molecule has 44 heavy (non-hydrogen) atoms. The van der Waals surface area contributed by atoms with Crippen molar-refractivity contribution in [3.63, 3.8) is 0 Å². The maximum Gasteiger partial charge on any atom is 0.338 e. The number of carbonyl (C=O) groups excluding carboxylic acids is 2. The number of fused-ring (bicyclic) bond motifs is 1. The van der Waals surface area contributed by atoms with E-state index in [9.17, 15) is 24.3 Å². The minimum Gasteiger partial charge on any atom is -0.478 e. The van der Waals surface area contributed by atoms with Crippen LogP contribution in [0, 0.1) is 0 Å². The number of carboxylic acid groups (broad SMARTS) is 1. The third kappa shape index (κ3) is 5.48. The minimum absolute atomic E-state index is 0.0118. The van der Waals surface area contributed by atoms with Gasteiger partial charge in [-0.3, -0.25) is 9.78 Å². The van der Waals surface area contributed by atoms with E-state index in [2.05, 4.69) is 20.3 Å². The molecule has 4 atom stereocenters. The second-order valence-corrected chi connectivity index (χ2v) is 9.86. The molecule has 3 heterocycles. The van der Waals surface area contributed by atoms with Crippen LogP contribution in [-0.2, 0) is 20.6 Å². The number of benzene rings is 3. The van der Waals surface area contributed by atoms with E-state index in [0.717, 1.165) is 4.68 Å². The fourth-order valence-corrected chi connectivity index (χ4v) is 5.02. The van der Waals surface area contributed by atoms with Gasteiger partial charge in [0.05, 0.1) is 16.7 Å². The van der Waals surface area contributed by atoms with Crippen LogP contribution in [-0.4, -0.2) is 66.3 Å². The van der Waals surface area contributed by atoms with Gasteiger partial charge in [0.25, 0.3) is 5.56 Å². The number of nitrogens with two attached hydrogens (primary N) is 1. The molecule has 0 aliphatic carbocycles. The number of ether oxygens (including phenoxy) is 3. The third-order valence-corrected chi connectivity index (χ3v) is 7.05. The standard InChI is InChI=1S/C30H24N6O8/c31-30-32-24-21(25(37)33-30)34-35-36(24)26-23(44-29(41)17-11-5-2-6-12-17)22(43-28(40)16-9-3-1-4-10-16)20(42-26)15-18-13-7-8-14-19(18)27(38)39/h1-14,20,22-23,26H,15H2,(H,38,39)(H3,31,32,33,37)/t20-,22-,23-,26-/m1/s1. The summed E-state index contributed by atoms with van der Waals surface area (Å²) in [5, 5.41) is 17.7. The third-order valence-electron chi connectivity index (χ3n) is 7.05. The fraction of sp³-hybridized carbons (Fsp3) is 0.167. The first-order chi connectivity index (χ1) is 21.3. The fourth-order valence-electron chi connectivity index (χ4n) is 5.02. The van der Waals surface area contributed by atoms with Gasteiger partial charge >= 0.3 is 17.9 Å². The van der Waals surface area contributed by atoms with Gasteiger partial charge in [0.1, 0.15) is 6.10 Å². The number of esters is 2. The highest BCUT2D eigenvalue weighted by atomic mass is 16.6. The number of aromatic carboxylic acids is 1. The van der Waals surface area contributed by atoms with Gasteiger partial charge in [-0.1, -0.05) is 59.8 Å². The first kappa shape index (κ1) is 28.2. The van der Waals surface area contributed by atoms with E-state index in [1.165, 1.54) is 6.07 Å². The summed E-state index contributed by atoms with van der Waals surface area (Å²) in [6.07, 6.45) is -5.07. The van der Waals surface area contributed by atoms with Crippen LogP contribution in [0.25, 0.3) is 11.2 Å². The molecule has 0 radical (unpaired) electrons. The monoisotopic (exact) mass is 596 g/mol. The first-order valence-electron chi connectivity index (χ1n) is 13.4. The number of hydrogen-bond acceptors (Lipinski definition) is 11. The number of carbonyl (C=O) groups is 3. The number of carboxylic acids is 1. The number of rotatable bonds is 8. The highest BCUT2D eigenvalue weighted by Gasteiger charge is 2.52. The average Bonchev–Trinajstić information content (AvgIpc) is 3.59. The molecule has 1 aliphatic heterocycles. The predicted octanol–water partition coefficient (Wildman–Crippen LogP) is 2.39. The summed E-state index contributed by atoms with van der Waals surface area (Å²) in [5.74, 6) is -2.88. The van der Waals surface area contributed by atoms with E-state index in [-0.39, 0.29) is 40.2 Å². The predicted molar refractivity (Wildman–Crippen MR) is 153 cm³/mol. The molecule has 0 unspecified atom stereocenters. The molecule has 6 rings (SSSR count). The summed E-state index contributed by atoms with van der Waals surface area (Å²) in [4.78, 5) is 57.7. The average molecular weight is 597 g/mol. The quantitative estimate of drug-likeness (QED) is 0.221. The van der Waals surface area contributed by atoms with Gasteiger partial charge in [-0.2, -0.15) is 9.67 Å². The Bertz CT molecular complexity index is 1910. The van der Waals surface area contributed by atoms with Gasteiger partial charge in [-0.05, 0) is 35.9 Å². The van der Waals surface area contributed by atoms with E-state index in [1.807, 2.05) is 0 Å². The Labute approximate surface area is 248 Å². The van der Waals surface area contributed by atoms with Gasteiger partial charge in [-0.15, -0.1) is 5.10 Å². The summed E-state index contributed by atoms with van der Waals surface area (Å²) in [7, 11) is 0. The van der Waals surface area contributed by atoms with Crippen LogP contribution in [0.4, 0.5) is 5.95 Å². The summed E-state index contributed by atoms with van der Waals surface area (Å²) < 4.78 is 19.4. The number of nitrogens with zero attached hydrogens (tertiary/aromatic N) is 4. The van der Waals surface area contributed by atoms with E-state index >= 15 is 0 Å². The summed E-state index contributed by atoms with van der Waals surface area (Å²) >= 11 is 0. The van der Waals surface area contributed by atoms with Crippen LogP contribution in [0.2, 0.25) is 0 Å². The van der Waals surface area contributed by atoms with Crippen molar-refractivity contribution in [1.29, 1.82) is 0 Å². The molecule has 222 valence electrons. The Kier molecular flexibility index (Phi) is 7.56. The molecule has 0 bridgehead atoms. The largest absolute Gasteiger partial charge is 0.478 e. The molecule has 1 aliphatic rings. The number of hydrogen-bond donors (Lipinski definition) is 3. The first-order valence-corrected chi connectivity index (χ1v) is 13.4. The van der Waals surface area contributed by atoms with Gasteiger partial charge in [0.2, 0.25) is 5.95 Å². The van der Waals surface area contributed by atoms with Crippen LogP contribution < -0.4 is 11.3 Å². The summed E-state index contributed by atoms with van der Waals surface area (Å²) in [5.41, 5.74) is 5.72. The van der Waals surface area contributed by atoms with Gasteiger partial charge in [0, 0.05) is 6.42 Å². The Hall–Kier alpha value is -5.89. The Morgan fingerprint density at radius 2 is 1.48 bits per heavy atom. The Morgan fingerprint density at radius 1 is 0.886 bits per heavy atom. The van der Waals surface area contributed by atoms with Crippen molar-refractivity contribution in [3.05, 3.63) is 118 Å². The van der Waals surface area contributed by atoms with Crippen LogP contribution in [0.1, 0.15) is 42.9 Å². The Morgan fingerprint density at radius 3 is 2.11 bits per heavy atom. The molecule has 1 saturated heterocycles. The Balaban J connectivity index is 1.46. The highest BCUT2D eigenvalue weighted by molar-refractivity contribution is 5.91. The molecular formula is C30H24N6O8. The lowest BCUT2D eigenvalue weighted by Gasteiger charge is -2.24. The lowest BCUT2D eigenvalue weighted by Crippen LogP contribution is -2.40. The smallest absolute Gasteiger partial charge is 0.338 e. The van der Waals surface area contributed by atoms with E-state index in [0.29, 0.717) is 5.56 Å². The van der Waals surface area contributed by atoms with Crippen molar-refractivity contribution >= 4 is 35.0 Å². The van der Waals surface area contributed by atoms with Crippen molar-refractivity contribution in [2.75, 3.05) is 5.73 Å². The number of aromatic amines is 1. The second kappa shape index (κ2) is 11.8. The van der Waals surface area contributed by atoms with Crippen LogP contribution in [0.15, 0.2) is 89.7 Å². The van der Waals surface area contributed by atoms with Crippen molar-refractivity contribution < 1.29 is 33.7 Å². The minimum atomic E-state index is -1.36. The molecule has 2 aromatic heterocycles. The molecule has 1 fully saturated rings. The molecule has 5 aromatic rings. The second-order valence-electron chi connectivity index (χ2n) is 9.86.